The Morgan fingerprint density at radius 2 is 2.40 bits per heavy atom. The van der Waals surface area contributed by atoms with Gasteiger partial charge in [-0.05, 0) is 18.3 Å². The number of hydrogen-bond donors (Lipinski definition) is 1. The second-order valence-corrected chi connectivity index (χ2v) is 3.04. The number of aliphatic hydroxyl groups excluding tert-OH is 1. The van der Waals surface area contributed by atoms with Crippen LogP contribution in [0.3, 0.4) is 0 Å². The zero-order valence-electron chi connectivity index (χ0n) is 5.82. The van der Waals surface area contributed by atoms with Gasteiger partial charge in [0.2, 0.25) is 0 Å². The molecule has 1 saturated heterocycles. The average Bonchev–Trinajstić information content (AvgIpc) is 2.56. The molecule has 1 aliphatic carbocycles. The van der Waals surface area contributed by atoms with E-state index in [0.29, 0.717) is 25.2 Å². The summed E-state index contributed by atoms with van der Waals surface area (Å²) < 4.78 is 10.3. The fraction of sp³-hybridized carbons (Fsp3) is 1.00. The molecule has 0 aromatic heterocycles. The molecule has 3 unspecified atom stereocenters. The third-order valence-electron chi connectivity index (χ3n) is 2.34. The predicted molar refractivity (Wildman–Crippen MR) is 34.4 cm³/mol. The van der Waals surface area contributed by atoms with Gasteiger partial charge in [0, 0.05) is 6.61 Å². The third kappa shape index (κ3) is 1.05. The standard InChI is InChI=1S/C7H12O3/c8-2-5-1-6(5)7-3-9-4-10-7/h5-8H,1-4H2. The zero-order valence-corrected chi connectivity index (χ0v) is 5.82. The molecule has 1 N–H and O–H groups in total. The van der Waals surface area contributed by atoms with E-state index < -0.39 is 0 Å². The first-order valence-electron chi connectivity index (χ1n) is 3.72. The van der Waals surface area contributed by atoms with E-state index in [1.165, 1.54) is 0 Å². The van der Waals surface area contributed by atoms with Crippen LogP contribution in [0.25, 0.3) is 0 Å². The van der Waals surface area contributed by atoms with Crippen molar-refractivity contribution >= 4 is 0 Å². The largest absolute Gasteiger partial charge is 0.396 e. The molecule has 1 saturated carbocycles. The summed E-state index contributed by atoms with van der Waals surface area (Å²) in [6.07, 6.45) is 1.39. The van der Waals surface area contributed by atoms with Crippen LogP contribution in [0.2, 0.25) is 0 Å². The maximum absolute atomic E-state index is 8.74. The van der Waals surface area contributed by atoms with Crippen molar-refractivity contribution in [3.8, 4) is 0 Å². The molecule has 2 fully saturated rings. The maximum atomic E-state index is 8.74. The Hall–Kier alpha value is -0.120. The second-order valence-electron chi connectivity index (χ2n) is 3.04. The summed E-state index contributed by atoms with van der Waals surface area (Å²) in [4.78, 5) is 0. The summed E-state index contributed by atoms with van der Waals surface area (Å²) in [6, 6.07) is 0. The van der Waals surface area contributed by atoms with Crippen molar-refractivity contribution in [3.05, 3.63) is 0 Å². The van der Waals surface area contributed by atoms with Gasteiger partial charge < -0.3 is 14.6 Å². The number of rotatable bonds is 2. The summed E-state index contributed by atoms with van der Waals surface area (Å²) >= 11 is 0. The van der Waals surface area contributed by atoms with Crippen LogP contribution in [0.1, 0.15) is 6.42 Å². The SMILES string of the molecule is OCC1CC1C1COCO1. The van der Waals surface area contributed by atoms with Gasteiger partial charge in [-0.25, -0.2) is 0 Å². The number of aliphatic hydroxyl groups is 1. The normalized spacial score (nSPS) is 45.9. The van der Waals surface area contributed by atoms with E-state index in [0.717, 1.165) is 13.0 Å². The summed E-state index contributed by atoms with van der Waals surface area (Å²) in [7, 11) is 0. The monoisotopic (exact) mass is 144 g/mol. The first-order chi connectivity index (χ1) is 4.92. The molecule has 0 spiro atoms. The van der Waals surface area contributed by atoms with Crippen molar-refractivity contribution in [3.63, 3.8) is 0 Å². The van der Waals surface area contributed by atoms with Gasteiger partial charge in [-0.1, -0.05) is 0 Å². The maximum Gasteiger partial charge on any atom is 0.147 e. The molecule has 0 aromatic carbocycles. The van der Waals surface area contributed by atoms with Crippen LogP contribution in [0.15, 0.2) is 0 Å². The molecule has 3 nitrogen and oxygen atoms in total. The van der Waals surface area contributed by atoms with Crippen LogP contribution in [0, 0.1) is 11.8 Å². The second kappa shape index (κ2) is 2.49. The van der Waals surface area contributed by atoms with E-state index in [4.69, 9.17) is 14.6 Å². The lowest BCUT2D eigenvalue weighted by Crippen LogP contribution is -2.13. The summed E-state index contributed by atoms with van der Waals surface area (Å²) in [5, 5.41) is 8.74. The van der Waals surface area contributed by atoms with Crippen molar-refractivity contribution < 1.29 is 14.6 Å². The van der Waals surface area contributed by atoms with Crippen molar-refractivity contribution in [1.29, 1.82) is 0 Å². The summed E-state index contributed by atoms with van der Waals surface area (Å²) in [5.74, 6) is 1.07. The van der Waals surface area contributed by atoms with Crippen molar-refractivity contribution in [2.75, 3.05) is 20.0 Å². The van der Waals surface area contributed by atoms with Crippen molar-refractivity contribution in [2.24, 2.45) is 11.8 Å². The highest BCUT2D eigenvalue weighted by Gasteiger charge is 2.44. The van der Waals surface area contributed by atoms with Crippen LogP contribution >= 0.6 is 0 Å². The first kappa shape index (κ1) is 6.58. The highest BCUT2D eigenvalue weighted by atomic mass is 16.7. The Morgan fingerprint density at radius 3 is 2.90 bits per heavy atom. The molecule has 0 radical (unpaired) electrons. The molecule has 2 rings (SSSR count). The highest BCUT2D eigenvalue weighted by Crippen LogP contribution is 2.42. The van der Waals surface area contributed by atoms with E-state index >= 15 is 0 Å². The number of hydrogen-bond acceptors (Lipinski definition) is 3. The molecule has 3 heteroatoms. The molecule has 58 valence electrons. The minimum atomic E-state index is 0.275. The zero-order chi connectivity index (χ0) is 6.97. The Labute approximate surface area is 59.9 Å². The Kier molecular flexibility index (Phi) is 1.64. The van der Waals surface area contributed by atoms with Crippen LogP contribution in [-0.2, 0) is 9.47 Å². The lowest BCUT2D eigenvalue weighted by Gasteiger charge is -2.03. The fourth-order valence-electron chi connectivity index (χ4n) is 1.53. The van der Waals surface area contributed by atoms with E-state index in [9.17, 15) is 0 Å². The van der Waals surface area contributed by atoms with Gasteiger partial charge >= 0.3 is 0 Å². The summed E-state index contributed by atoms with van der Waals surface area (Å²) in [6.45, 7) is 1.48. The van der Waals surface area contributed by atoms with Gasteiger partial charge in [0.25, 0.3) is 0 Å². The topological polar surface area (TPSA) is 38.7 Å². The minimum absolute atomic E-state index is 0.275. The van der Waals surface area contributed by atoms with Crippen LogP contribution in [0.4, 0.5) is 0 Å². The lowest BCUT2D eigenvalue weighted by molar-refractivity contribution is 0.0381. The quantitative estimate of drug-likeness (QED) is 0.592. The molecule has 0 aromatic rings. The molecular weight excluding hydrogens is 132 g/mol. The van der Waals surface area contributed by atoms with Crippen LogP contribution in [-0.4, -0.2) is 31.2 Å². The van der Waals surface area contributed by atoms with Crippen LogP contribution in [0.5, 0.6) is 0 Å². The smallest absolute Gasteiger partial charge is 0.147 e. The van der Waals surface area contributed by atoms with Gasteiger partial charge in [-0.15, -0.1) is 0 Å². The highest BCUT2D eigenvalue weighted by molar-refractivity contribution is 4.92. The summed E-state index contributed by atoms with van der Waals surface area (Å²) in [5.41, 5.74) is 0. The van der Waals surface area contributed by atoms with E-state index in [1.807, 2.05) is 0 Å². The third-order valence-corrected chi connectivity index (χ3v) is 2.34. The van der Waals surface area contributed by atoms with Gasteiger partial charge in [0.15, 0.2) is 0 Å². The van der Waals surface area contributed by atoms with E-state index in [1.54, 1.807) is 0 Å². The fourth-order valence-corrected chi connectivity index (χ4v) is 1.53. The van der Waals surface area contributed by atoms with Gasteiger partial charge in [0.1, 0.15) is 6.79 Å². The molecule has 1 heterocycles. The van der Waals surface area contributed by atoms with E-state index in [-0.39, 0.29) is 6.10 Å². The van der Waals surface area contributed by atoms with Gasteiger partial charge in [0.05, 0.1) is 12.7 Å². The van der Waals surface area contributed by atoms with Crippen molar-refractivity contribution in [1.82, 2.24) is 0 Å². The van der Waals surface area contributed by atoms with Gasteiger partial charge in [-0.3, -0.25) is 0 Å². The molecule has 0 bridgehead atoms. The average molecular weight is 144 g/mol. The lowest BCUT2D eigenvalue weighted by atomic mass is 10.2. The molecule has 2 aliphatic rings. The van der Waals surface area contributed by atoms with Gasteiger partial charge in [-0.2, -0.15) is 0 Å². The number of ether oxygens (including phenoxy) is 2. The molecule has 0 amide bonds. The van der Waals surface area contributed by atoms with E-state index in [2.05, 4.69) is 0 Å². The molecule has 10 heavy (non-hydrogen) atoms. The molecule has 3 atom stereocenters. The predicted octanol–water partition coefficient (Wildman–Crippen LogP) is -0.0123. The molecule has 1 aliphatic heterocycles. The van der Waals surface area contributed by atoms with Crippen LogP contribution < -0.4 is 0 Å². The van der Waals surface area contributed by atoms with Crippen molar-refractivity contribution in [2.45, 2.75) is 12.5 Å². The Morgan fingerprint density at radius 1 is 1.50 bits per heavy atom. The minimum Gasteiger partial charge on any atom is -0.396 e. The Bertz CT molecular complexity index is 120. The molecular formula is C7H12O3. The Balaban J connectivity index is 1.79. The first-order valence-corrected chi connectivity index (χ1v) is 3.72.